The second-order valence-corrected chi connectivity index (χ2v) is 10.7. The van der Waals surface area contributed by atoms with E-state index in [1.54, 1.807) is 12.1 Å². The molecule has 1 aromatic carbocycles. The Labute approximate surface area is 199 Å². The topological polar surface area (TPSA) is 61.8 Å². The molecule has 0 heterocycles. The van der Waals surface area contributed by atoms with Crippen LogP contribution in [0.1, 0.15) is 91.0 Å². The zero-order chi connectivity index (χ0) is 24.2. The maximum absolute atomic E-state index is 12.1. The average Bonchev–Trinajstić information content (AvgIpc) is 2.82. The normalized spacial score (nSPS) is 31.1. The summed E-state index contributed by atoms with van der Waals surface area (Å²) in [5, 5.41) is 0. The molecule has 0 N–H and O–H groups in total. The minimum absolute atomic E-state index is 0.0347. The van der Waals surface area contributed by atoms with Crippen LogP contribution >= 0.6 is 0 Å². The maximum Gasteiger partial charge on any atom is 0.513 e. The number of ether oxygens (including phenoxy) is 3. The first-order valence-corrected chi connectivity index (χ1v) is 12.8. The number of carbonyl (C=O) groups excluding carboxylic acids is 2. The Hall–Kier alpha value is -2.04. The molecular formula is C28H42O5. The van der Waals surface area contributed by atoms with Gasteiger partial charge in [-0.15, -0.1) is 0 Å². The quantitative estimate of drug-likeness (QED) is 0.335. The molecule has 4 saturated carbocycles. The second-order valence-electron chi connectivity index (χ2n) is 10.7. The van der Waals surface area contributed by atoms with Gasteiger partial charge in [-0.25, -0.2) is 4.79 Å². The fourth-order valence-electron chi connectivity index (χ4n) is 6.01. The highest BCUT2D eigenvalue weighted by Gasteiger charge is 2.57. The summed E-state index contributed by atoms with van der Waals surface area (Å²) in [4.78, 5) is 23.0. The molecule has 5 heteroatoms. The third-order valence-electron chi connectivity index (χ3n) is 8.52. The van der Waals surface area contributed by atoms with Gasteiger partial charge in [0.25, 0.3) is 0 Å². The Balaban J connectivity index is 0.000000190. The van der Waals surface area contributed by atoms with Crippen molar-refractivity contribution in [1.29, 1.82) is 0 Å². The third kappa shape index (κ3) is 5.91. The summed E-state index contributed by atoms with van der Waals surface area (Å²) in [6.07, 6.45) is 7.95. The van der Waals surface area contributed by atoms with E-state index in [0.717, 1.165) is 24.7 Å². The molecule has 33 heavy (non-hydrogen) atoms. The molecule has 4 aliphatic rings. The van der Waals surface area contributed by atoms with Crippen LogP contribution < -0.4 is 4.74 Å². The highest BCUT2D eigenvalue weighted by Crippen LogP contribution is 2.59. The zero-order valence-electron chi connectivity index (χ0n) is 21.3. The summed E-state index contributed by atoms with van der Waals surface area (Å²) in [5.74, 6) is 4.27. The molecule has 184 valence electrons. The largest absolute Gasteiger partial charge is 0.513 e. The standard InChI is InChI=1S/C16H26O2.C12H16O3/c1-4-10(2)15(17)18-16(3)13-6-11-5-12(8-13)9-14(16)7-11;1-4-9(2)10-5-7-11(8-6-10)15-12(13)14-3/h10-14H,4-9H2,1-3H3;5-9H,4H2,1-3H3. The fourth-order valence-corrected chi connectivity index (χ4v) is 6.01. The van der Waals surface area contributed by atoms with Gasteiger partial charge >= 0.3 is 12.1 Å². The van der Waals surface area contributed by atoms with E-state index in [2.05, 4.69) is 32.4 Å². The number of hydrogen-bond acceptors (Lipinski definition) is 5. The van der Waals surface area contributed by atoms with Crippen molar-refractivity contribution in [3.05, 3.63) is 29.8 Å². The van der Waals surface area contributed by atoms with Crippen molar-refractivity contribution in [2.75, 3.05) is 7.11 Å². The minimum Gasteiger partial charge on any atom is -0.459 e. The number of hydrogen-bond donors (Lipinski definition) is 0. The Morgan fingerprint density at radius 1 is 0.939 bits per heavy atom. The molecule has 4 bridgehead atoms. The first kappa shape index (κ1) is 25.6. The van der Waals surface area contributed by atoms with E-state index >= 15 is 0 Å². The molecule has 0 saturated heterocycles. The lowest BCUT2D eigenvalue weighted by Gasteiger charge is -2.59. The molecule has 0 aliphatic heterocycles. The predicted molar refractivity (Wildman–Crippen MR) is 129 cm³/mol. The lowest BCUT2D eigenvalue weighted by Crippen LogP contribution is -2.58. The van der Waals surface area contributed by atoms with Crippen LogP contribution in [0.5, 0.6) is 5.75 Å². The van der Waals surface area contributed by atoms with Gasteiger partial charge in [0.15, 0.2) is 0 Å². The van der Waals surface area contributed by atoms with Crippen molar-refractivity contribution in [2.24, 2.45) is 29.6 Å². The molecular weight excluding hydrogens is 416 g/mol. The van der Waals surface area contributed by atoms with E-state index in [1.807, 2.05) is 19.1 Å². The van der Waals surface area contributed by atoms with Crippen LogP contribution in [0.3, 0.4) is 0 Å². The van der Waals surface area contributed by atoms with Crippen LogP contribution in [0.25, 0.3) is 0 Å². The molecule has 0 amide bonds. The molecule has 2 unspecified atom stereocenters. The van der Waals surface area contributed by atoms with Gasteiger partial charge in [-0.1, -0.05) is 39.8 Å². The summed E-state index contributed by atoms with van der Waals surface area (Å²) >= 11 is 0. The van der Waals surface area contributed by atoms with Crippen molar-refractivity contribution >= 4 is 12.1 Å². The fraction of sp³-hybridized carbons (Fsp3) is 0.714. The first-order chi connectivity index (χ1) is 15.7. The summed E-state index contributed by atoms with van der Waals surface area (Å²) in [6, 6.07) is 7.48. The number of benzene rings is 1. The molecule has 4 aliphatic carbocycles. The van der Waals surface area contributed by atoms with E-state index in [4.69, 9.17) is 9.47 Å². The van der Waals surface area contributed by atoms with Crippen molar-refractivity contribution < 1.29 is 23.8 Å². The van der Waals surface area contributed by atoms with Gasteiger partial charge in [-0.3, -0.25) is 4.79 Å². The molecule has 5 rings (SSSR count). The van der Waals surface area contributed by atoms with Crippen molar-refractivity contribution in [3.8, 4) is 5.75 Å². The van der Waals surface area contributed by atoms with E-state index in [9.17, 15) is 9.59 Å². The van der Waals surface area contributed by atoms with E-state index in [0.29, 0.717) is 23.5 Å². The molecule has 1 aromatic rings. The molecule has 2 atom stereocenters. The van der Waals surface area contributed by atoms with Gasteiger partial charge in [0.1, 0.15) is 11.4 Å². The second kappa shape index (κ2) is 10.9. The molecule has 0 spiro atoms. The van der Waals surface area contributed by atoms with Crippen molar-refractivity contribution in [3.63, 3.8) is 0 Å². The molecule has 5 nitrogen and oxygen atoms in total. The number of methoxy groups -OCH3 is 1. The van der Waals surface area contributed by atoms with Crippen LogP contribution in [0.4, 0.5) is 4.79 Å². The van der Waals surface area contributed by atoms with Crippen LogP contribution in [-0.2, 0) is 14.3 Å². The molecule has 0 aromatic heterocycles. The van der Waals surface area contributed by atoms with E-state index in [-0.39, 0.29) is 17.5 Å². The number of rotatable bonds is 6. The monoisotopic (exact) mass is 458 g/mol. The van der Waals surface area contributed by atoms with Crippen LogP contribution in [-0.4, -0.2) is 24.8 Å². The maximum atomic E-state index is 12.1. The number of carbonyl (C=O) groups is 2. The Kier molecular flexibility index (Phi) is 8.47. The van der Waals surface area contributed by atoms with Crippen LogP contribution in [0.15, 0.2) is 24.3 Å². The van der Waals surface area contributed by atoms with E-state index < -0.39 is 6.16 Å². The summed E-state index contributed by atoms with van der Waals surface area (Å²) in [7, 11) is 1.29. The van der Waals surface area contributed by atoms with Gasteiger partial charge in [0.05, 0.1) is 13.0 Å². The van der Waals surface area contributed by atoms with Gasteiger partial charge in [0, 0.05) is 0 Å². The third-order valence-corrected chi connectivity index (χ3v) is 8.52. The van der Waals surface area contributed by atoms with Crippen LogP contribution in [0.2, 0.25) is 0 Å². The van der Waals surface area contributed by atoms with Gasteiger partial charge < -0.3 is 14.2 Å². The summed E-state index contributed by atoms with van der Waals surface area (Å²) in [5.41, 5.74) is 1.10. The SMILES string of the molecule is CCC(C)C(=O)OC1(C)C2CC3CC(C2)CC1C3.CCC(C)c1ccc(OC(=O)OC)cc1. The number of esters is 1. The van der Waals surface area contributed by atoms with Gasteiger partial charge in [-0.2, -0.15) is 0 Å². The Morgan fingerprint density at radius 3 is 1.94 bits per heavy atom. The van der Waals surface area contributed by atoms with Gasteiger partial charge in [-0.05, 0) is 99.2 Å². The predicted octanol–water partition coefficient (Wildman–Crippen LogP) is 7.14. The lowest BCUT2D eigenvalue weighted by atomic mass is 9.50. The molecule has 4 fully saturated rings. The van der Waals surface area contributed by atoms with Crippen molar-refractivity contribution in [1.82, 2.24) is 0 Å². The average molecular weight is 459 g/mol. The van der Waals surface area contributed by atoms with Gasteiger partial charge in [0.2, 0.25) is 0 Å². The van der Waals surface area contributed by atoms with Crippen LogP contribution in [0, 0.1) is 29.6 Å². The zero-order valence-corrected chi connectivity index (χ0v) is 21.3. The van der Waals surface area contributed by atoms with E-state index in [1.165, 1.54) is 44.8 Å². The first-order valence-electron chi connectivity index (χ1n) is 12.8. The Bertz CT molecular complexity index is 771. The lowest BCUT2D eigenvalue weighted by molar-refractivity contribution is -0.206. The smallest absolute Gasteiger partial charge is 0.459 e. The summed E-state index contributed by atoms with van der Waals surface area (Å²) < 4.78 is 15.3. The highest BCUT2D eigenvalue weighted by atomic mass is 16.7. The summed E-state index contributed by atoms with van der Waals surface area (Å²) in [6.45, 7) is 10.6. The minimum atomic E-state index is -0.689. The Morgan fingerprint density at radius 2 is 1.48 bits per heavy atom. The highest BCUT2D eigenvalue weighted by molar-refractivity contribution is 5.72. The molecule has 0 radical (unpaired) electrons. The van der Waals surface area contributed by atoms with Crippen molar-refractivity contribution in [2.45, 2.75) is 91.1 Å².